The number of hydrogen-bond donors (Lipinski definition) is 1. The third kappa shape index (κ3) is 5.49. The first-order valence-electron chi connectivity index (χ1n) is 4.75. The van der Waals surface area contributed by atoms with E-state index in [1.165, 1.54) is 27.8 Å². The summed E-state index contributed by atoms with van der Waals surface area (Å²) in [4.78, 5) is 0. The van der Waals surface area contributed by atoms with Crippen molar-refractivity contribution in [3.8, 4) is 0 Å². The quantitative estimate of drug-likeness (QED) is 0.578. The van der Waals surface area contributed by atoms with Crippen molar-refractivity contribution in [2.45, 2.75) is 34.6 Å². The van der Waals surface area contributed by atoms with Gasteiger partial charge in [0, 0.05) is 10.7 Å². The molecular formula is C11H17ClO3S. The van der Waals surface area contributed by atoms with Gasteiger partial charge in [-0.2, -0.15) is 8.42 Å². The van der Waals surface area contributed by atoms with Gasteiger partial charge in [0.05, 0.1) is 0 Å². The van der Waals surface area contributed by atoms with Gasteiger partial charge in [-0.15, -0.1) is 0 Å². The molecule has 0 unspecified atom stereocenters. The lowest BCUT2D eigenvalue weighted by Crippen LogP contribution is -1.93. The molecule has 1 aromatic carbocycles. The Morgan fingerprint density at radius 3 is 1.44 bits per heavy atom. The van der Waals surface area contributed by atoms with E-state index in [2.05, 4.69) is 51.4 Å². The maximum atomic E-state index is 8.95. The second-order valence-corrected chi connectivity index (χ2v) is 5.79. The standard InChI is InChI=1S/C11H16.ClHO3S/c1-7-6-8(2)10(4)11(5)9(7)3;1-5(2,3)4/h6H,1-5H3;(H,2,3,4). The molecule has 0 spiro atoms. The van der Waals surface area contributed by atoms with Gasteiger partial charge in [-0.1, -0.05) is 6.07 Å². The fourth-order valence-electron chi connectivity index (χ4n) is 1.41. The minimum Gasteiger partial charge on any atom is -0.273 e. The lowest BCUT2D eigenvalue weighted by atomic mass is 9.96. The average Bonchev–Trinajstić information content (AvgIpc) is 2.09. The SMILES string of the molecule is Cc1cc(C)c(C)c(C)c1C.O=S(=O)(O)Cl. The number of halogens is 1. The van der Waals surface area contributed by atoms with Gasteiger partial charge in [-0.05, 0) is 62.4 Å². The Balaban J connectivity index is 0.000000385. The van der Waals surface area contributed by atoms with E-state index in [-0.39, 0.29) is 0 Å². The zero-order valence-corrected chi connectivity index (χ0v) is 11.7. The first kappa shape index (κ1) is 15.4. The molecule has 0 heterocycles. The van der Waals surface area contributed by atoms with E-state index in [1.54, 1.807) is 0 Å². The summed E-state index contributed by atoms with van der Waals surface area (Å²) in [6.45, 7) is 10.9. The first-order valence-corrected chi connectivity index (χ1v) is 7.01. The van der Waals surface area contributed by atoms with Gasteiger partial charge in [0.15, 0.2) is 0 Å². The van der Waals surface area contributed by atoms with Crippen molar-refractivity contribution in [3.63, 3.8) is 0 Å². The molecule has 1 aromatic rings. The molecule has 0 bridgehead atoms. The zero-order valence-electron chi connectivity index (χ0n) is 10.1. The third-order valence-corrected chi connectivity index (χ3v) is 2.74. The van der Waals surface area contributed by atoms with E-state index in [4.69, 9.17) is 13.0 Å². The van der Waals surface area contributed by atoms with Crippen molar-refractivity contribution in [2.75, 3.05) is 0 Å². The van der Waals surface area contributed by atoms with Crippen LogP contribution in [0.4, 0.5) is 0 Å². The highest BCUT2D eigenvalue weighted by atomic mass is 35.7. The van der Waals surface area contributed by atoms with Crippen LogP contribution in [-0.4, -0.2) is 13.0 Å². The first-order chi connectivity index (χ1) is 7.04. The van der Waals surface area contributed by atoms with E-state index in [1.807, 2.05) is 0 Å². The van der Waals surface area contributed by atoms with Gasteiger partial charge in [0.25, 0.3) is 0 Å². The summed E-state index contributed by atoms with van der Waals surface area (Å²) in [6, 6.07) is 2.26. The summed E-state index contributed by atoms with van der Waals surface area (Å²) in [5, 5.41) is 0. The number of hydrogen-bond acceptors (Lipinski definition) is 2. The highest BCUT2D eigenvalue weighted by Crippen LogP contribution is 2.19. The highest BCUT2D eigenvalue weighted by molar-refractivity contribution is 8.09. The van der Waals surface area contributed by atoms with E-state index in [0.717, 1.165) is 0 Å². The van der Waals surface area contributed by atoms with Gasteiger partial charge in [0.1, 0.15) is 0 Å². The molecule has 0 radical (unpaired) electrons. The Morgan fingerprint density at radius 2 is 1.19 bits per heavy atom. The fourth-order valence-corrected chi connectivity index (χ4v) is 1.41. The predicted molar refractivity (Wildman–Crippen MR) is 67.5 cm³/mol. The van der Waals surface area contributed by atoms with Crippen LogP contribution in [-0.2, 0) is 9.33 Å². The number of rotatable bonds is 0. The maximum Gasteiger partial charge on any atom is 0.353 e. The van der Waals surface area contributed by atoms with Crippen LogP contribution >= 0.6 is 10.7 Å². The average molecular weight is 265 g/mol. The summed E-state index contributed by atoms with van der Waals surface area (Å²) >= 11 is 0. The minimum absolute atomic E-state index is 1.41. The van der Waals surface area contributed by atoms with Crippen molar-refractivity contribution < 1.29 is 13.0 Å². The second-order valence-electron chi connectivity index (χ2n) is 3.80. The molecular weight excluding hydrogens is 248 g/mol. The van der Waals surface area contributed by atoms with E-state index < -0.39 is 9.33 Å². The van der Waals surface area contributed by atoms with Gasteiger partial charge >= 0.3 is 9.33 Å². The summed E-state index contributed by atoms with van der Waals surface area (Å²) in [7, 11) is -0.137. The van der Waals surface area contributed by atoms with Crippen LogP contribution in [0, 0.1) is 34.6 Å². The minimum atomic E-state index is -4.19. The topological polar surface area (TPSA) is 54.4 Å². The van der Waals surface area contributed by atoms with Crippen LogP contribution in [0.3, 0.4) is 0 Å². The van der Waals surface area contributed by atoms with Gasteiger partial charge in [-0.25, -0.2) is 0 Å². The Hall–Kier alpha value is -0.580. The van der Waals surface area contributed by atoms with Crippen molar-refractivity contribution in [3.05, 3.63) is 33.9 Å². The summed E-state index contributed by atoms with van der Waals surface area (Å²) in [5.41, 5.74) is 7.14. The molecule has 0 fully saturated rings. The molecule has 0 aromatic heterocycles. The zero-order chi connectivity index (χ0) is 13.1. The Kier molecular flexibility index (Phi) is 5.46. The Labute approximate surface area is 102 Å². The van der Waals surface area contributed by atoms with Gasteiger partial charge < -0.3 is 0 Å². The monoisotopic (exact) mass is 264 g/mol. The lowest BCUT2D eigenvalue weighted by molar-refractivity contribution is 0.501. The molecule has 0 saturated heterocycles. The number of benzene rings is 1. The summed E-state index contributed by atoms with van der Waals surface area (Å²) in [6.07, 6.45) is 0. The van der Waals surface area contributed by atoms with Crippen LogP contribution in [0.15, 0.2) is 6.07 Å². The maximum absolute atomic E-state index is 8.95. The largest absolute Gasteiger partial charge is 0.353 e. The molecule has 0 aliphatic heterocycles. The molecule has 16 heavy (non-hydrogen) atoms. The molecule has 0 atom stereocenters. The van der Waals surface area contributed by atoms with Gasteiger partial charge in [-0.3, -0.25) is 4.55 Å². The van der Waals surface area contributed by atoms with Crippen molar-refractivity contribution in [1.82, 2.24) is 0 Å². The summed E-state index contributed by atoms with van der Waals surface area (Å²) in [5.74, 6) is 0. The van der Waals surface area contributed by atoms with Crippen LogP contribution in [0.1, 0.15) is 27.8 Å². The molecule has 3 nitrogen and oxygen atoms in total. The Bertz CT molecular complexity index is 444. The van der Waals surface area contributed by atoms with Crippen molar-refractivity contribution in [2.24, 2.45) is 0 Å². The smallest absolute Gasteiger partial charge is 0.273 e. The molecule has 0 aliphatic rings. The van der Waals surface area contributed by atoms with E-state index in [9.17, 15) is 0 Å². The van der Waals surface area contributed by atoms with Crippen LogP contribution in [0.5, 0.6) is 0 Å². The van der Waals surface area contributed by atoms with E-state index >= 15 is 0 Å². The van der Waals surface area contributed by atoms with Crippen molar-refractivity contribution in [1.29, 1.82) is 0 Å². The van der Waals surface area contributed by atoms with Gasteiger partial charge in [0.2, 0.25) is 0 Å². The molecule has 1 rings (SSSR count). The number of aryl methyl sites for hydroxylation is 2. The Morgan fingerprint density at radius 1 is 0.938 bits per heavy atom. The molecule has 0 amide bonds. The fraction of sp³-hybridized carbons (Fsp3) is 0.455. The normalized spacial score (nSPS) is 10.7. The highest BCUT2D eigenvalue weighted by Gasteiger charge is 2.02. The second kappa shape index (κ2) is 5.66. The van der Waals surface area contributed by atoms with Crippen LogP contribution in [0.2, 0.25) is 0 Å². The van der Waals surface area contributed by atoms with E-state index in [0.29, 0.717) is 0 Å². The molecule has 1 N–H and O–H groups in total. The molecule has 92 valence electrons. The predicted octanol–water partition coefficient (Wildman–Crippen LogP) is 3.26. The third-order valence-electron chi connectivity index (χ3n) is 2.74. The van der Waals surface area contributed by atoms with Crippen LogP contribution in [0.25, 0.3) is 0 Å². The van der Waals surface area contributed by atoms with Crippen molar-refractivity contribution >= 4 is 20.0 Å². The molecule has 0 aliphatic carbocycles. The lowest BCUT2D eigenvalue weighted by Gasteiger charge is -2.10. The summed E-state index contributed by atoms with van der Waals surface area (Å²) < 4.78 is 25.2. The van der Waals surface area contributed by atoms with Crippen LogP contribution < -0.4 is 0 Å². The molecule has 5 heteroatoms. The molecule has 0 saturated carbocycles.